The average molecular weight is 485 g/mol. The third-order valence-electron chi connectivity index (χ3n) is 5.36. The van der Waals surface area contributed by atoms with Crippen molar-refractivity contribution in [2.24, 2.45) is 0 Å². The van der Waals surface area contributed by atoms with Crippen LogP contribution in [-0.2, 0) is 16.2 Å². The van der Waals surface area contributed by atoms with E-state index >= 15 is 0 Å². The van der Waals surface area contributed by atoms with Crippen molar-refractivity contribution < 1.29 is 18.8 Å². The fourth-order valence-corrected chi connectivity index (χ4v) is 3.87. The molecule has 0 unspecified atom stereocenters. The number of nitrogens with zero attached hydrogens (tertiary/aromatic N) is 3. The molecule has 2 heterocycles. The molecular formula is C25H29ClN4O4. The summed E-state index contributed by atoms with van der Waals surface area (Å²) in [6.07, 6.45) is 0.948. The van der Waals surface area contributed by atoms with Gasteiger partial charge in [-0.05, 0) is 63.4 Å². The molecule has 34 heavy (non-hydrogen) atoms. The van der Waals surface area contributed by atoms with Crippen LogP contribution in [-0.4, -0.2) is 39.4 Å². The van der Waals surface area contributed by atoms with Gasteiger partial charge < -0.3 is 9.15 Å². The zero-order valence-electron chi connectivity index (χ0n) is 19.5. The molecule has 0 saturated carbocycles. The predicted molar refractivity (Wildman–Crippen MR) is 128 cm³/mol. The molecule has 1 amide bonds. The number of amides is 1. The fourth-order valence-electron chi connectivity index (χ4n) is 3.74. The minimum Gasteiger partial charge on any atom is -0.444 e. The van der Waals surface area contributed by atoms with E-state index in [4.69, 9.17) is 25.6 Å². The second-order valence-corrected chi connectivity index (χ2v) is 9.70. The lowest BCUT2D eigenvalue weighted by atomic mass is 9.99. The topological polar surface area (TPSA) is 89.7 Å². The van der Waals surface area contributed by atoms with Crippen LogP contribution in [0.15, 0.2) is 59.0 Å². The van der Waals surface area contributed by atoms with Crippen LogP contribution in [0, 0.1) is 0 Å². The highest BCUT2D eigenvalue weighted by atomic mass is 35.5. The van der Waals surface area contributed by atoms with Crippen LogP contribution in [0.5, 0.6) is 0 Å². The molecule has 8 nitrogen and oxygen atoms in total. The predicted octanol–water partition coefficient (Wildman–Crippen LogP) is 5.55. The summed E-state index contributed by atoms with van der Waals surface area (Å²) < 4.78 is 11.6. The van der Waals surface area contributed by atoms with Gasteiger partial charge >= 0.3 is 6.09 Å². The van der Waals surface area contributed by atoms with Gasteiger partial charge in [0, 0.05) is 17.1 Å². The number of carbonyl (C=O) groups is 1. The molecule has 2 atom stereocenters. The zero-order valence-corrected chi connectivity index (χ0v) is 20.3. The number of rotatable bonds is 6. The van der Waals surface area contributed by atoms with Gasteiger partial charge in [0.25, 0.3) is 0 Å². The number of nitrogens with one attached hydrogen (secondary N) is 1. The smallest absolute Gasteiger partial charge is 0.411 e. The first-order chi connectivity index (χ1) is 16.3. The maximum Gasteiger partial charge on any atom is 0.411 e. The van der Waals surface area contributed by atoms with E-state index in [2.05, 4.69) is 15.7 Å². The van der Waals surface area contributed by atoms with E-state index in [1.165, 1.54) is 0 Å². The molecule has 1 saturated heterocycles. The molecule has 1 N–H and O–H groups in total. The number of halogens is 1. The maximum absolute atomic E-state index is 13.1. The van der Waals surface area contributed by atoms with Crippen molar-refractivity contribution >= 4 is 17.7 Å². The van der Waals surface area contributed by atoms with E-state index < -0.39 is 17.7 Å². The first-order valence-electron chi connectivity index (χ1n) is 11.3. The normalized spacial score (nSPS) is 18.6. The number of hydroxylamine groups is 1. The largest absolute Gasteiger partial charge is 0.444 e. The van der Waals surface area contributed by atoms with Crippen molar-refractivity contribution in [2.75, 3.05) is 6.54 Å². The van der Waals surface area contributed by atoms with Gasteiger partial charge in [-0.1, -0.05) is 41.9 Å². The Morgan fingerprint density at radius 1 is 1.12 bits per heavy atom. The lowest BCUT2D eigenvalue weighted by molar-refractivity contribution is -0.0362. The van der Waals surface area contributed by atoms with E-state index in [1.807, 2.05) is 63.2 Å². The number of carbonyl (C=O) groups excluding carboxylic acids is 1. The van der Waals surface area contributed by atoms with E-state index in [-0.39, 0.29) is 6.04 Å². The average Bonchev–Trinajstić information content (AvgIpc) is 3.29. The molecule has 1 aromatic heterocycles. The van der Waals surface area contributed by atoms with Crippen LogP contribution in [0.4, 0.5) is 4.79 Å². The third kappa shape index (κ3) is 6.34. The second-order valence-electron chi connectivity index (χ2n) is 9.27. The molecule has 9 heteroatoms. The quantitative estimate of drug-likeness (QED) is 0.458. The number of hydrogen-bond acceptors (Lipinski definition) is 7. The molecule has 2 aromatic carbocycles. The number of aromatic nitrogens is 2. The van der Waals surface area contributed by atoms with E-state index in [1.54, 1.807) is 17.0 Å². The van der Waals surface area contributed by atoms with Gasteiger partial charge in [0.2, 0.25) is 11.8 Å². The summed E-state index contributed by atoms with van der Waals surface area (Å²) in [6.45, 7) is 6.34. The van der Waals surface area contributed by atoms with Crippen molar-refractivity contribution in [1.82, 2.24) is 20.6 Å². The van der Waals surface area contributed by atoms with Crippen molar-refractivity contribution in [2.45, 2.75) is 57.9 Å². The Bertz CT molecular complexity index is 1080. The van der Waals surface area contributed by atoms with Crippen LogP contribution >= 0.6 is 11.6 Å². The molecule has 0 spiro atoms. The minimum atomic E-state index is -0.630. The maximum atomic E-state index is 13.1. The summed E-state index contributed by atoms with van der Waals surface area (Å²) in [5.74, 6) is 0.752. The highest BCUT2D eigenvalue weighted by Crippen LogP contribution is 2.33. The molecule has 4 rings (SSSR count). The summed E-state index contributed by atoms with van der Waals surface area (Å²) in [6, 6.07) is 16.6. The lowest BCUT2D eigenvalue weighted by Gasteiger charge is -2.38. The van der Waals surface area contributed by atoms with Crippen molar-refractivity contribution in [3.63, 3.8) is 0 Å². The van der Waals surface area contributed by atoms with Crippen LogP contribution in [0.25, 0.3) is 11.5 Å². The van der Waals surface area contributed by atoms with E-state index in [0.29, 0.717) is 36.4 Å². The number of piperidine rings is 1. The SMILES string of the molecule is CC(C)(C)OC(=O)N1C[C@H](NOCc2ccccc2)CC[C@H]1c1nnc(-c2ccc(Cl)cc2)o1. The standard InChI is InChI=1S/C25H29ClN4O4/c1-25(2,3)34-24(31)30-15-20(29-32-16-17-7-5-4-6-8-17)13-14-21(30)23-28-27-22(33-23)18-9-11-19(26)12-10-18/h4-12,20-21,29H,13-16H2,1-3H3/t20-,21+/m1/s1. The first kappa shape index (κ1) is 24.2. The van der Waals surface area contributed by atoms with Crippen LogP contribution in [0.2, 0.25) is 5.02 Å². The Morgan fingerprint density at radius 2 is 1.85 bits per heavy atom. The highest BCUT2D eigenvalue weighted by molar-refractivity contribution is 6.30. The number of hydrogen-bond donors (Lipinski definition) is 1. The van der Waals surface area contributed by atoms with Gasteiger partial charge in [-0.2, -0.15) is 5.48 Å². The van der Waals surface area contributed by atoms with E-state index in [0.717, 1.165) is 17.5 Å². The van der Waals surface area contributed by atoms with Crippen LogP contribution < -0.4 is 5.48 Å². The van der Waals surface area contributed by atoms with Gasteiger partial charge in [-0.15, -0.1) is 10.2 Å². The van der Waals surface area contributed by atoms with Gasteiger partial charge in [0.15, 0.2) is 0 Å². The monoisotopic (exact) mass is 484 g/mol. The molecule has 1 aliphatic rings. The lowest BCUT2D eigenvalue weighted by Crippen LogP contribution is -2.50. The first-order valence-corrected chi connectivity index (χ1v) is 11.7. The van der Waals surface area contributed by atoms with Gasteiger partial charge in [-0.25, -0.2) is 4.79 Å². The Labute approximate surface area is 204 Å². The molecule has 3 aromatic rings. The molecule has 0 radical (unpaired) electrons. The number of likely N-dealkylation sites (tertiary alicyclic amines) is 1. The number of benzene rings is 2. The van der Waals surface area contributed by atoms with Crippen molar-refractivity contribution in [1.29, 1.82) is 0 Å². The Morgan fingerprint density at radius 3 is 2.56 bits per heavy atom. The summed E-state index contributed by atoms with van der Waals surface area (Å²) in [5.41, 5.74) is 4.29. The zero-order chi connectivity index (χ0) is 24.1. The van der Waals surface area contributed by atoms with Crippen LogP contribution in [0.1, 0.15) is 51.1 Å². The fraction of sp³-hybridized carbons (Fsp3) is 0.400. The molecule has 0 aliphatic carbocycles. The second kappa shape index (κ2) is 10.5. The van der Waals surface area contributed by atoms with Gasteiger partial charge in [0.05, 0.1) is 12.6 Å². The summed E-state index contributed by atoms with van der Waals surface area (Å²) in [5, 5.41) is 9.05. The Balaban J connectivity index is 1.46. The molecule has 0 bridgehead atoms. The summed E-state index contributed by atoms with van der Waals surface area (Å²) in [7, 11) is 0. The molecule has 1 fully saturated rings. The molecule has 180 valence electrons. The minimum absolute atomic E-state index is 0.0638. The number of ether oxygens (including phenoxy) is 1. The van der Waals surface area contributed by atoms with Gasteiger partial charge in [0.1, 0.15) is 11.6 Å². The van der Waals surface area contributed by atoms with Crippen molar-refractivity contribution in [3.05, 3.63) is 71.1 Å². The summed E-state index contributed by atoms with van der Waals surface area (Å²) in [4.78, 5) is 20.4. The Kier molecular flexibility index (Phi) is 7.50. The van der Waals surface area contributed by atoms with Crippen LogP contribution in [0.3, 0.4) is 0 Å². The van der Waals surface area contributed by atoms with E-state index in [9.17, 15) is 4.79 Å². The van der Waals surface area contributed by atoms with Crippen molar-refractivity contribution in [3.8, 4) is 11.5 Å². The third-order valence-corrected chi connectivity index (χ3v) is 5.61. The Hall–Kier alpha value is -2.94. The van der Waals surface area contributed by atoms with Gasteiger partial charge in [-0.3, -0.25) is 9.74 Å². The highest BCUT2D eigenvalue weighted by Gasteiger charge is 2.38. The molecular weight excluding hydrogens is 456 g/mol. The summed E-state index contributed by atoms with van der Waals surface area (Å²) >= 11 is 5.98. The molecule has 1 aliphatic heterocycles.